The summed E-state index contributed by atoms with van der Waals surface area (Å²) in [6, 6.07) is 28.3. The molecule has 0 aliphatic heterocycles. The van der Waals surface area contributed by atoms with Crippen LogP contribution < -0.4 is 0 Å². The first-order valence-corrected chi connectivity index (χ1v) is 8.66. The maximum atomic E-state index is 11.5. The van der Waals surface area contributed by atoms with Crippen molar-refractivity contribution in [1.29, 1.82) is 0 Å². The first kappa shape index (κ1) is 18.9. The summed E-state index contributed by atoms with van der Waals surface area (Å²) in [7, 11) is 0. The second-order valence-corrected chi connectivity index (χ2v) is 6.04. The molecule has 4 aromatic rings. The average Bonchev–Trinajstić information content (AvgIpc) is 2.97. The van der Waals surface area contributed by atoms with Crippen LogP contribution in [0.5, 0.6) is 11.5 Å². The lowest BCUT2D eigenvalue weighted by atomic mass is 10.1. The molecule has 0 fully saturated rings. The zero-order valence-corrected chi connectivity index (χ0v) is 14.9. The molecule has 0 atom stereocenters. The topological polar surface area (TPSA) is 74.6 Å². The highest BCUT2D eigenvalue weighted by atomic mass is 16.3. The molecule has 0 aromatic heterocycles. The van der Waals surface area contributed by atoms with Crippen LogP contribution in [0.2, 0.25) is 0 Å². The van der Waals surface area contributed by atoms with E-state index in [4.69, 9.17) is 10.2 Å². The highest BCUT2D eigenvalue weighted by Crippen LogP contribution is 2.30. The van der Waals surface area contributed by atoms with Crippen LogP contribution in [-0.4, -0.2) is 21.8 Å². The van der Waals surface area contributed by atoms with Crippen molar-refractivity contribution < 1.29 is 19.8 Å². The summed E-state index contributed by atoms with van der Waals surface area (Å²) in [5.74, 6) is -0.112. The predicted octanol–water partition coefficient (Wildman–Crippen LogP) is 5.00. The first-order valence-electron chi connectivity index (χ1n) is 8.66. The number of hydrogen-bond acceptors (Lipinski definition) is 4. The summed E-state index contributed by atoms with van der Waals surface area (Å²) in [4.78, 5) is 23.1. The zero-order chi connectivity index (χ0) is 19.9. The van der Waals surface area contributed by atoms with E-state index in [1.807, 2.05) is 24.3 Å². The van der Waals surface area contributed by atoms with Crippen LogP contribution in [0.25, 0.3) is 10.8 Å². The number of benzene rings is 4. The monoisotopic (exact) mass is 370 g/mol. The van der Waals surface area contributed by atoms with E-state index in [0.717, 1.165) is 10.8 Å². The van der Waals surface area contributed by atoms with Crippen molar-refractivity contribution in [3.05, 3.63) is 108 Å². The Hall–Kier alpha value is -3.92. The van der Waals surface area contributed by atoms with Gasteiger partial charge in [-0.25, -0.2) is 0 Å². The third kappa shape index (κ3) is 4.24. The van der Waals surface area contributed by atoms with E-state index in [2.05, 4.69) is 0 Å². The van der Waals surface area contributed by atoms with Gasteiger partial charge in [-0.3, -0.25) is 9.59 Å². The molecule has 4 nitrogen and oxygen atoms in total. The Morgan fingerprint density at radius 1 is 0.464 bits per heavy atom. The molecule has 2 N–H and O–H groups in total. The number of carbonyl (C=O) groups is 2. The molecule has 4 aromatic carbocycles. The molecule has 0 saturated heterocycles. The molecule has 0 spiro atoms. The molecule has 0 unspecified atom stereocenters. The second-order valence-electron chi connectivity index (χ2n) is 6.04. The van der Waals surface area contributed by atoms with Gasteiger partial charge in [-0.15, -0.1) is 0 Å². The molecule has 4 heteroatoms. The molecule has 0 amide bonds. The van der Waals surface area contributed by atoms with Gasteiger partial charge in [0.15, 0.2) is 0 Å². The molecule has 28 heavy (non-hydrogen) atoms. The number of aromatic hydroxyl groups is 2. The molecule has 1 aliphatic carbocycles. The van der Waals surface area contributed by atoms with Crippen LogP contribution in [-0.2, 0) is 0 Å². The Morgan fingerprint density at radius 3 is 1.18 bits per heavy atom. The van der Waals surface area contributed by atoms with Crippen LogP contribution in [0, 0.1) is 0 Å². The minimum absolute atomic E-state index is 0.322. The summed E-state index contributed by atoms with van der Waals surface area (Å²) in [5.41, 5.74) is 1.09. The number of Topliss-reactive ketones (excluding diaryl/α,β-unsaturated/α-hetero) is 2. The van der Waals surface area contributed by atoms with Crippen molar-refractivity contribution in [2.45, 2.75) is 0 Å². The minimum atomic E-state index is -0.378. The fourth-order valence-corrected chi connectivity index (χ4v) is 2.82. The van der Waals surface area contributed by atoms with E-state index < -0.39 is 0 Å². The molecule has 0 heterocycles. The predicted molar refractivity (Wildman–Crippen MR) is 109 cm³/mol. The normalized spacial score (nSPS) is 11.3. The van der Waals surface area contributed by atoms with Gasteiger partial charge in [0.05, 0.1) is 0 Å². The van der Waals surface area contributed by atoms with Crippen LogP contribution in [0.4, 0.5) is 0 Å². The van der Waals surface area contributed by atoms with Gasteiger partial charge in [-0.1, -0.05) is 72.8 Å². The molecule has 0 bridgehead atoms. The number of rotatable bonds is 0. The standard InChI is InChI=1S/C12H6O2.2C6H6O/c13-11-8-5-1-3-7-4-2-6-9(10(7)8)12(11)14;2*7-6-4-2-1-3-5-6/h1-6H;2*1-5,7H. The van der Waals surface area contributed by atoms with Crippen LogP contribution in [0.3, 0.4) is 0 Å². The van der Waals surface area contributed by atoms with Gasteiger partial charge in [0, 0.05) is 16.5 Å². The fourth-order valence-electron chi connectivity index (χ4n) is 2.82. The largest absolute Gasteiger partial charge is 0.508 e. The molecule has 5 rings (SSSR count). The SMILES string of the molecule is O=C1C(=O)c2cccc3cccc1c23.Oc1ccccc1.Oc1ccccc1. The third-order valence-electron chi connectivity index (χ3n) is 4.11. The lowest BCUT2D eigenvalue weighted by molar-refractivity contribution is 0.0825. The van der Waals surface area contributed by atoms with Crippen molar-refractivity contribution in [3.63, 3.8) is 0 Å². The highest BCUT2D eigenvalue weighted by Gasteiger charge is 2.29. The summed E-state index contributed by atoms with van der Waals surface area (Å²) >= 11 is 0. The quantitative estimate of drug-likeness (QED) is 0.427. The van der Waals surface area contributed by atoms with Crippen molar-refractivity contribution in [2.24, 2.45) is 0 Å². The number of para-hydroxylation sites is 2. The van der Waals surface area contributed by atoms with Crippen molar-refractivity contribution in [2.75, 3.05) is 0 Å². The summed E-state index contributed by atoms with van der Waals surface area (Å²) < 4.78 is 0. The summed E-state index contributed by atoms with van der Waals surface area (Å²) in [5, 5.41) is 19.0. The van der Waals surface area contributed by atoms with Gasteiger partial charge >= 0.3 is 0 Å². The lowest BCUT2D eigenvalue weighted by Gasteiger charge is -1.97. The van der Waals surface area contributed by atoms with E-state index in [1.165, 1.54) is 0 Å². The number of hydrogen-bond donors (Lipinski definition) is 2. The lowest BCUT2D eigenvalue weighted by Crippen LogP contribution is -2.05. The number of carbonyl (C=O) groups excluding carboxylic acids is 2. The molecular formula is C24H18O4. The Kier molecular flexibility index (Phi) is 5.82. The summed E-state index contributed by atoms with van der Waals surface area (Å²) in [6.45, 7) is 0. The van der Waals surface area contributed by atoms with Crippen molar-refractivity contribution in [3.8, 4) is 11.5 Å². The Labute approximate surface area is 162 Å². The van der Waals surface area contributed by atoms with Gasteiger partial charge < -0.3 is 10.2 Å². The highest BCUT2D eigenvalue weighted by molar-refractivity contribution is 6.57. The van der Waals surface area contributed by atoms with Gasteiger partial charge in [-0.2, -0.15) is 0 Å². The Morgan fingerprint density at radius 2 is 0.857 bits per heavy atom. The van der Waals surface area contributed by atoms with E-state index in [-0.39, 0.29) is 11.6 Å². The van der Waals surface area contributed by atoms with Gasteiger partial charge in [-0.05, 0) is 29.7 Å². The summed E-state index contributed by atoms with van der Waals surface area (Å²) in [6.07, 6.45) is 0. The van der Waals surface area contributed by atoms with Gasteiger partial charge in [0.2, 0.25) is 11.6 Å². The Bertz CT molecular complexity index is 1020. The van der Waals surface area contributed by atoms with Crippen LogP contribution >= 0.6 is 0 Å². The fraction of sp³-hybridized carbons (Fsp3) is 0. The van der Waals surface area contributed by atoms with Crippen LogP contribution in [0.15, 0.2) is 97.1 Å². The second kappa shape index (κ2) is 8.64. The van der Waals surface area contributed by atoms with E-state index >= 15 is 0 Å². The number of ketones is 2. The molecule has 1 aliphatic rings. The molecule has 138 valence electrons. The minimum Gasteiger partial charge on any atom is -0.508 e. The van der Waals surface area contributed by atoms with E-state index in [9.17, 15) is 9.59 Å². The van der Waals surface area contributed by atoms with Crippen molar-refractivity contribution in [1.82, 2.24) is 0 Å². The first-order chi connectivity index (χ1) is 13.6. The van der Waals surface area contributed by atoms with Crippen LogP contribution in [0.1, 0.15) is 20.7 Å². The zero-order valence-electron chi connectivity index (χ0n) is 14.9. The smallest absolute Gasteiger partial charge is 0.234 e. The van der Waals surface area contributed by atoms with Crippen molar-refractivity contribution >= 4 is 22.3 Å². The van der Waals surface area contributed by atoms with E-state index in [1.54, 1.807) is 72.8 Å². The Balaban J connectivity index is 0.000000136. The number of phenols is 2. The average molecular weight is 370 g/mol. The maximum Gasteiger partial charge on any atom is 0.234 e. The van der Waals surface area contributed by atoms with Gasteiger partial charge in [0.1, 0.15) is 11.5 Å². The number of phenolic OH excluding ortho intramolecular Hbond substituents is 2. The van der Waals surface area contributed by atoms with E-state index in [0.29, 0.717) is 22.6 Å². The maximum absolute atomic E-state index is 11.5. The molecular weight excluding hydrogens is 352 g/mol. The van der Waals surface area contributed by atoms with Gasteiger partial charge in [0.25, 0.3) is 0 Å². The molecule has 0 radical (unpaired) electrons. The molecule has 0 saturated carbocycles. The third-order valence-corrected chi connectivity index (χ3v) is 4.11.